The normalized spacial score (nSPS) is 14.4. The Labute approximate surface area is 159 Å². The van der Waals surface area contributed by atoms with E-state index in [0.29, 0.717) is 13.1 Å². The molecule has 0 N–H and O–H groups in total. The molecule has 3 rings (SSSR count). The third kappa shape index (κ3) is 5.45. The van der Waals surface area contributed by atoms with Crippen molar-refractivity contribution in [2.24, 2.45) is 0 Å². The van der Waals surface area contributed by atoms with Gasteiger partial charge in [0.05, 0.1) is 0 Å². The molecule has 1 aliphatic heterocycles. The van der Waals surface area contributed by atoms with Gasteiger partial charge in [-0.05, 0) is 30.7 Å². The van der Waals surface area contributed by atoms with E-state index in [1.807, 2.05) is 49.4 Å². The molecule has 5 nitrogen and oxygen atoms in total. The Kier molecular flexibility index (Phi) is 6.26. The lowest BCUT2D eigenvalue weighted by Crippen LogP contribution is -2.49. The zero-order chi connectivity index (χ0) is 19.1. The molecular weight excluding hydrogens is 340 g/mol. The molecule has 0 radical (unpaired) electrons. The molecule has 0 atom stereocenters. The van der Waals surface area contributed by atoms with E-state index in [-0.39, 0.29) is 12.5 Å². The summed E-state index contributed by atoms with van der Waals surface area (Å²) >= 11 is 0. The maximum Gasteiger partial charge on any atom is 0.331 e. The highest BCUT2D eigenvalue weighted by molar-refractivity contribution is 5.89. The average molecular weight is 364 g/mol. The summed E-state index contributed by atoms with van der Waals surface area (Å²) in [6.45, 7) is 4.58. The van der Waals surface area contributed by atoms with Crippen LogP contribution >= 0.6 is 0 Å². The van der Waals surface area contributed by atoms with Crippen LogP contribution < -0.4 is 4.90 Å². The molecule has 1 fully saturated rings. The molecule has 1 amide bonds. The zero-order valence-electron chi connectivity index (χ0n) is 15.5. The molecular formula is C22H24N2O3. The number of hydrogen-bond donors (Lipinski definition) is 0. The van der Waals surface area contributed by atoms with Crippen LogP contribution in [0.3, 0.4) is 0 Å². The highest BCUT2D eigenvalue weighted by Crippen LogP contribution is 2.15. The van der Waals surface area contributed by atoms with Crippen LogP contribution in [-0.4, -0.2) is 49.6 Å². The van der Waals surface area contributed by atoms with Gasteiger partial charge in [0.1, 0.15) is 0 Å². The van der Waals surface area contributed by atoms with E-state index in [1.54, 1.807) is 11.0 Å². The Morgan fingerprint density at radius 2 is 1.74 bits per heavy atom. The highest BCUT2D eigenvalue weighted by atomic mass is 16.5. The Balaban J connectivity index is 1.42. The highest BCUT2D eigenvalue weighted by Gasteiger charge is 2.21. The number of esters is 1. The first-order chi connectivity index (χ1) is 13.1. The third-order valence-electron chi connectivity index (χ3n) is 4.55. The van der Waals surface area contributed by atoms with Gasteiger partial charge in [-0.2, -0.15) is 0 Å². The van der Waals surface area contributed by atoms with Crippen LogP contribution in [0.15, 0.2) is 60.7 Å². The Morgan fingerprint density at radius 3 is 2.44 bits per heavy atom. The van der Waals surface area contributed by atoms with Gasteiger partial charge in [0.25, 0.3) is 5.91 Å². The summed E-state index contributed by atoms with van der Waals surface area (Å²) in [5.41, 5.74) is 3.21. The predicted molar refractivity (Wildman–Crippen MR) is 106 cm³/mol. The van der Waals surface area contributed by atoms with E-state index in [1.165, 1.54) is 6.08 Å². The number of carbonyl (C=O) groups is 2. The molecule has 0 aromatic heterocycles. The molecule has 0 bridgehead atoms. The second-order valence-corrected chi connectivity index (χ2v) is 6.56. The Bertz CT molecular complexity index is 809. The summed E-state index contributed by atoms with van der Waals surface area (Å²) in [7, 11) is 0. The summed E-state index contributed by atoms with van der Waals surface area (Å²) in [5.74, 6) is -0.659. The fourth-order valence-corrected chi connectivity index (χ4v) is 3.06. The van der Waals surface area contributed by atoms with Crippen LogP contribution in [0.1, 0.15) is 11.1 Å². The number of aryl methyl sites for hydroxylation is 1. The number of rotatable bonds is 5. The summed E-state index contributed by atoms with van der Waals surface area (Å²) in [4.78, 5) is 28.1. The van der Waals surface area contributed by atoms with Crippen molar-refractivity contribution in [2.45, 2.75) is 6.92 Å². The van der Waals surface area contributed by atoms with Crippen molar-refractivity contribution in [3.63, 3.8) is 0 Å². The van der Waals surface area contributed by atoms with Gasteiger partial charge in [0.2, 0.25) is 0 Å². The van der Waals surface area contributed by atoms with Crippen molar-refractivity contribution in [1.29, 1.82) is 0 Å². The number of para-hydroxylation sites is 1. The largest absolute Gasteiger partial charge is 0.452 e. The Hall–Kier alpha value is -3.08. The van der Waals surface area contributed by atoms with Crippen molar-refractivity contribution in [2.75, 3.05) is 37.7 Å². The predicted octanol–water partition coefficient (Wildman–Crippen LogP) is 2.90. The molecule has 2 aromatic carbocycles. The van der Waals surface area contributed by atoms with Crippen LogP contribution in [0.4, 0.5) is 5.69 Å². The molecule has 0 unspecified atom stereocenters. The number of hydrogen-bond acceptors (Lipinski definition) is 4. The lowest BCUT2D eigenvalue weighted by molar-refractivity contribution is -0.148. The second-order valence-electron chi connectivity index (χ2n) is 6.56. The lowest BCUT2D eigenvalue weighted by Gasteiger charge is -2.36. The Morgan fingerprint density at radius 1 is 1.00 bits per heavy atom. The molecule has 1 saturated heterocycles. The smallest absolute Gasteiger partial charge is 0.331 e. The fraction of sp³-hybridized carbons (Fsp3) is 0.273. The van der Waals surface area contributed by atoms with Crippen LogP contribution in [0.25, 0.3) is 6.08 Å². The summed E-state index contributed by atoms with van der Waals surface area (Å²) in [6, 6.07) is 18.0. The molecule has 5 heteroatoms. The number of amides is 1. The first-order valence-electron chi connectivity index (χ1n) is 9.11. The van der Waals surface area contributed by atoms with Crippen molar-refractivity contribution in [1.82, 2.24) is 4.90 Å². The lowest BCUT2D eigenvalue weighted by atomic mass is 10.1. The van der Waals surface area contributed by atoms with Crippen LogP contribution in [0.2, 0.25) is 0 Å². The SMILES string of the molecule is Cc1cccc(/C=C/C(=O)OCC(=O)N2CCN(c3ccccc3)CC2)c1. The number of anilines is 1. The number of ether oxygens (including phenoxy) is 1. The van der Waals surface area contributed by atoms with E-state index in [2.05, 4.69) is 17.0 Å². The molecule has 1 aliphatic rings. The van der Waals surface area contributed by atoms with Crippen molar-refractivity contribution >= 4 is 23.6 Å². The minimum absolute atomic E-state index is 0.153. The molecule has 140 valence electrons. The van der Waals surface area contributed by atoms with Gasteiger partial charge in [0.15, 0.2) is 6.61 Å². The van der Waals surface area contributed by atoms with E-state index in [0.717, 1.165) is 29.9 Å². The maximum absolute atomic E-state index is 12.3. The van der Waals surface area contributed by atoms with Crippen molar-refractivity contribution in [3.8, 4) is 0 Å². The second kappa shape index (κ2) is 9.03. The summed E-state index contributed by atoms with van der Waals surface area (Å²) < 4.78 is 5.09. The van der Waals surface area contributed by atoms with Gasteiger partial charge in [-0.1, -0.05) is 48.0 Å². The summed E-state index contributed by atoms with van der Waals surface area (Å²) in [5, 5.41) is 0. The molecule has 1 heterocycles. The third-order valence-corrected chi connectivity index (χ3v) is 4.55. The first kappa shape index (κ1) is 18.7. The van der Waals surface area contributed by atoms with Gasteiger partial charge >= 0.3 is 5.97 Å². The maximum atomic E-state index is 12.3. The molecule has 0 saturated carbocycles. The molecule has 2 aromatic rings. The number of benzene rings is 2. The number of piperazine rings is 1. The van der Waals surface area contributed by atoms with Gasteiger partial charge in [-0.25, -0.2) is 4.79 Å². The van der Waals surface area contributed by atoms with Gasteiger partial charge < -0.3 is 14.5 Å². The first-order valence-corrected chi connectivity index (χ1v) is 9.11. The summed E-state index contributed by atoms with van der Waals surface area (Å²) in [6.07, 6.45) is 3.05. The van der Waals surface area contributed by atoms with Crippen LogP contribution in [-0.2, 0) is 14.3 Å². The van der Waals surface area contributed by atoms with Crippen molar-refractivity contribution < 1.29 is 14.3 Å². The van der Waals surface area contributed by atoms with Gasteiger partial charge in [-0.3, -0.25) is 4.79 Å². The minimum atomic E-state index is -0.507. The zero-order valence-corrected chi connectivity index (χ0v) is 15.5. The monoisotopic (exact) mass is 364 g/mol. The quantitative estimate of drug-likeness (QED) is 0.605. The molecule has 27 heavy (non-hydrogen) atoms. The van der Waals surface area contributed by atoms with Crippen molar-refractivity contribution in [3.05, 3.63) is 71.8 Å². The van der Waals surface area contributed by atoms with Gasteiger partial charge in [0, 0.05) is 37.9 Å². The average Bonchev–Trinajstić information content (AvgIpc) is 2.71. The minimum Gasteiger partial charge on any atom is -0.452 e. The topological polar surface area (TPSA) is 49.9 Å². The number of carbonyl (C=O) groups excluding carboxylic acids is 2. The van der Waals surface area contributed by atoms with E-state index < -0.39 is 5.97 Å². The number of nitrogens with zero attached hydrogens (tertiary/aromatic N) is 2. The van der Waals surface area contributed by atoms with E-state index in [9.17, 15) is 9.59 Å². The van der Waals surface area contributed by atoms with E-state index >= 15 is 0 Å². The standard InChI is InChI=1S/C22H24N2O3/c1-18-6-5-7-19(16-18)10-11-22(26)27-17-21(25)24-14-12-23(13-15-24)20-8-3-2-4-9-20/h2-11,16H,12-15,17H2,1H3/b11-10+. The fourth-order valence-electron chi connectivity index (χ4n) is 3.06. The van der Waals surface area contributed by atoms with Gasteiger partial charge in [-0.15, -0.1) is 0 Å². The van der Waals surface area contributed by atoms with Crippen LogP contribution in [0.5, 0.6) is 0 Å². The molecule has 0 spiro atoms. The van der Waals surface area contributed by atoms with Crippen LogP contribution in [0, 0.1) is 6.92 Å². The molecule has 0 aliphatic carbocycles. The van der Waals surface area contributed by atoms with E-state index in [4.69, 9.17) is 4.74 Å².